The Kier molecular flexibility index (Phi) is 6.06. The zero-order valence-electron chi connectivity index (χ0n) is 12.4. The molecule has 3 nitrogen and oxygen atoms in total. The predicted octanol–water partition coefficient (Wildman–Crippen LogP) is 2.83. The molecule has 110 valence electrons. The van der Waals surface area contributed by atoms with Crippen LogP contribution in [0.1, 0.15) is 50.0 Å². The molecule has 0 saturated heterocycles. The van der Waals surface area contributed by atoms with Gasteiger partial charge in [0.1, 0.15) is 0 Å². The normalized spacial score (nSPS) is 22.4. The second kappa shape index (κ2) is 8.05. The van der Waals surface area contributed by atoms with Gasteiger partial charge in [0.25, 0.3) is 0 Å². The molecular weight excluding hydrogens is 248 g/mol. The van der Waals surface area contributed by atoms with Crippen molar-refractivity contribution >= 4 is 5.91 Å². The van der Waals surface area contributed by atoms with Crippen LogP contribution in [-0.2, 0) is 4.79 Å². The Labute approximate surface area is 122 Å². The fourth-order valence-electron chi connectivity index (χ4n) is 3.02. The molecular formula is C17H26N2O. The minimum absolute atomic E-state index is 0.211. The van der Waals surface area contributed by atoms with Crippen LogP contribution in [0, 0.1) is 0 Å². The number of benzene rings is 1. The second-order valence-corrected chi connectivity index (χ2v) is 5.73. The summed E-state index contributed by atoms with van der Waals surface area (Å²) in [6.07, 6.45) is 6.15. The predicted molar refractivity (Wildman–Crippen MR) is 82.7 cm³/mol. The molecule has 0 radical (unpaired) electrons. The Balaban J connectivity index is 1.70. The Bertz CT molecular complexity index is 397. The van der Waals surface area contributed by atoms with Crippen molar-refractivity contribution in [2.45, 2.75) is 50.5 Å². The van der Waals surface area contributed by atoms with E-state index in [-0.39, 0.29) is 5.91 Å². The molecule has 0 heterocycles. The fraction of sp³-hybridized carbons (Fsp3) is 0.588. The summed E-state index contributed by atoms with van der Waals surface area (Å²) in [6, 6.07) is 11.1. The van der Waals surface area contributed by atoms with E-state index in [9.17, 15) is 4.79 Å². The summed E-state index contributed by atoms with van der Waals surface area (Å²) in [5.74, 6) is 0.886. The molecule has 2 N–H and O–H groups in total. The molecule has 1 aliphatic rings. The molecule has 1 amide bonds. The Morgan fingerprint density at radius 1 is 1.15 bits per heavy atom. The van der Waals surface area contributed by atoms with Gasteiger partial charge in [-0.05, 0) is 57.2 Å². The van der Waals surface area contributed by atoms with E-state index in [1.54, 1.807) is 0 Å². The maximum Gasteiger partial charge on any atom is 0.220 e. The van der Waals surface area contributed by atoms with Crippen LogP contribution in [-0.4, -0.2) is 25.5 Å². The van der Waals surface area contributed by atoms with Crippen molar-refractivity contribution in [3.63, 3.8) is 0 Å². The lowest BCUT2D eigenvalue weighted by Gasteiger charge is -2.29. The van der Waals surface area contributed by atoms with E-state index in [2.05, 4.69) is 41.0 Å². The highest BCUT2D eigenvalue weighted by atomic mass is 16.1. The Morgan fingerprint density at radius 3 is 2.50 bits per heavy atom. The second-order valence-electron chi connectivity index (χ2n) is 5.73. The number of amides is 1. The minimum Gasteiger partial charge on any atom is -0.353 e. The van der Waals surface area contributed by atoms with E-state index in [4.69, 9.17) is 0 Å². The molecule has 1 aromatic rings. The van der Waals surface area contributed by atoms with Gasteiger partial charge in [0.05, 0.1) is 0 Å². The first-order chi connectivity index (χ1) is 9.79. The van der Waals surface area contributed by atoms with Gasteiger partial charge < -0.3 is 10.6 Å². The lowest BCUT2D eigenvalue weighted by molar-refractivity contribution is -0.122. The van der Waals surface area contributed by atoms with Gasteiger partial charge in [0.2, 0.25) is 5.91 Å². The highest BCUT2D eigenvalue weighted by Gasteiger charge is 2.23. The van der Waals surface area contributed by atoms with Crippen LogP contribution >= 0.6 is 0 Å². The highest BCUT2D eigenvalue weighted by molar-refractivity contribution is 5.76. The molecule has 0 atom stereocenters. The molecule has 3 heteroatoms. The molecule has 0 aromatic heterocycles. The average Bonchev–Trinajstić information content (AvgIpc) is 2.49. The third-order valence-electron chi connectivity index (χ3n) is 4.19. The smallest absolute Gasteiger partial charge is 0.220 e. The van der Waals surface area contributed by atoms with E-state index in [0.717, 1.165) is 25.8 Å². The summed E-state index contributed by atoms with van der Waals surface area (Å²) in [4.78, 5) is 11.8. The van der Waals surface area contributed by atoms with E-state index in [1.165, 1.54) is 18.4 Å². The number of hydrogen-bond donors (Lipinski definition) is 2. The van der Waals surface area contributed by atoms with Crippen molar-refractivity contribution in [2.75, 3.05) is 13.6 Å². The van der Waals surface area contributed by atoms with Gasteiger partial charge in [-0.3, -0.25) is 4.79 Å². The summed E-state index contributed by atoms with van der Waals surface area (Å²) in [5.41, 5.74) is 1.45. The summed E-state index contributed by atoms with van der Waals surface area (Å²) >= 11 is 0. The van der Waals surface area contributed by atoms with Crippen LogP contribution in [0.4, 0.5) is 0 Å². The third-order valence-corrected chi connectivity index (χ3v) is 4.19. The lowest BCUT2D eigenvalue weighted by atomic mass is 9.82. The highest BCUT2D eigenvalue weighted by Crippen LogP contribution is 2.32. The molecule has 1 aromatic carbocycles. The zero-order chi connectivity index (χ0) is 14.2. The first-order valence-electron chi connectivity index (χ1n) is 7.78. The molecule has 0 spiro atoms. The van der Waals surface area contributed by atoms with Crippen molar-refractivity contribution in [3.05, 3.63) is 35.9 Å². The quantitative estimate of drug-likeness (QED) is 0.783. The van der Waals surface area contributed by atoms with Gasteiger partial charge in [0.15, 0.2) is 0 Å². The first-order valence-corrected chi connectivity index (χ1v) is 7.78. The van der Waals surface area contributed by atoms with Crippen LogP contribution in [0.15, 0.2) is 30.3 Å². The van der Waals surface area contributed by atoms with E-state index in [1.807, 2.05) is 7.05 Å². The van der Waals surface area contributed by atoms with Crippen LogP contribution in [0.3, 0.4) is 0 Å². The molecule has 1 saturated carbocycles. The van der Waals surface area contributed by atoms with Crippen LogP contribution in [0.5, 0.6) is 0 Å². The molecule has 1 fully saturated rings. The van der Waals surface area contributed by atoms with Crippen LogP contribution in [0.25, 0.3) is 0 Å². The summed E-state index contributed by atoms with van der Waals surface area (Å²) < 4.78 is 0. The third kappa shape index (κ3) is 4.64. The van der Waals surface area contributed by atoms with Gasteiger partial charge in [-0.25, -0.2) is 0 Å². The number of hydrogen-bond acceptors (Lipinski definition) is 2. The van der Waals surface area contributed by atoms with Gasteiger partial charge in [-0.1, -0.05) is 30.3 Å². The summed E-state index contributed by atoms with van der Waals surface area (Å²) in [5, 5.41) is 6.25. The van der Waals surface area contributed by atoms with Crippen LogP contribution < -0.4 is 10.6 Å². The number of rotatable bonds is 6. The Hall–Kier alpha value is -1.35. The van der Waals surface area contributed by atoms with E-state index in [0.29, 0.717) is 18.4 Å². The summed E-state index contributed by atoms with van der Waals surface area (Å²) in [6.45, 7) is 0.911. The maximum absolute atomic E-state index is 11.8. The summed E-state index contributed by atoms with van der Waals surface area (Å²) in [7, 11) is 1.92. The monoisotopic (exact) mass is 274 g/mol. The van der Waals surface area contributed by atoms with Gasteiger partial charge in [-0.2, -0.15) is 0 Å². The molecule has 0 aliphatic heterocycles. The van der Waals surface area contributed by atoms with E-state index < -0.39 is 0 Å². The Morgan fingerprint density at radius 2 is 1.85 bits per heavy atom. The molecule has 2 rings (SSSR count). The largest absolute Gasteiger partial charge is 0.353 e. The molecule has 0 bridgehead atoms. The van der Waals surface area contributed by atoms with E-state index >= 15 is 0 Å². The van der Waals surface area contributed by atoms with Crippen LogP contribution in [0.2, 0.25) is 0 Å². The number of carbonyl (C=O) groups excluding carboxylic acids is 1. The average molecular weight is 274 g/mol. The van der Waals surface area contributed by atoms with Gasteiger partial charge in [0, 0.05) is 12.5 Å². The number of nitrogens with one attached hydrogen (secondary N) is 2. The SMILES string of the molecule is CNCCCC(=O)NC1CCC(c2ccccc2)CC1. The van der Waals surface area contributed by atoms with Crippen molar-refractivity contribution in [2.24, 2.45) is 0 Å². The molecule has 0 unspecified atom stereocenters. The van der Waals surface area contributed by atoms with Crippen molar-refractivity contribution in [1.29, 1.82) is 0 Å². The van der Waals surface area contributed by atoms with Crippen molar-refractivity contribution in [3.8, 4) is 0 Å². The standard InChI is InChI=1S/C17H26N2O/c1-18-13-5-8-17(20)19-16-11-9-15(10-12-16)14-6-3-2-4-7-14/h2-4,6-7,15-16,18H,5,8-13H2,1H3,(H,19,20). The zero-order valence-corrected chi connectivity index (χ0v) is 12.4. The topological polar surface area (TPSA) is 41.1 Å². The molecule has 20 heavy (non-hydrogen) atoms. The van der Waals surface area contributed by atoms with Crippen molar-refractivity contribution < 1.29 is 4.79 Å². The maximum atomic E-state index is 11.8. The lowest BCUT2D eigenvalue weighted by Crippen LogP contribution is -2.37. The number of carbonyl (C=O) groups is 1. The van der Waals surface area contributed by atoms with Gasteiger partial charge >= 0.3 is 0 Å². The molecule has 1 aliphatic carbocycles. The first kappa shape index (κ1) is 15.0. The van der Waals surface area contributed by atoms with Crippen molar-refractivity contribution in [1.82, 2.24) is 10.6 Å². The van der Waals surface area contributed by atoms with Gasteiger partial charge in [-0.15, -0.1) is 0 Å². The minimum atomic E-state index is 0.211. The fourth-order valence-corrected chi connectivity index (χ4v) is 3.02.